The number of ether oxygens (including phenoxy) is 1. The molecule has 1 saturated heterocycles. The molecule has 0 spiro atoms. The van der Waals surface area contributed by atoms with Gasteiger partial charge in [-0.2, -0.15) is 0 Å². The van der Waals surface area contributed by atoms with Crippen molar-refractivity contribution in [2.45, 2.75) is 58.2 Å². The van der Waals surface area contributed by atoms with Gasteiger partial charge < -0.3 is 20.5 Å². The van der Waals surface area contributed by atoms with Crippen LogP contribution in [0.2, 0.25) is 0 Å². The standard InChI is InChI=1S/C15H27N3O5/c1-10(2)16-11(19)8-18-7-6-15(9-18,12(20)21)17-13(22)23-14(3,4)5/h10H,6-9H2,1-5H3,(H,16,19)(H,17,22)(H,20,21). The molecule has 1 unspecified atom stereocenters. The summed E-state index contributed by atoms with van der Waals surface area (Å²) in [6.45, 7) is 9.40. The number of carboxylic acids is 1. The van der Waals surface area contributed by atoms with Crippen molar-refractivity contribution >= 4 is 18.0 Å². The van der Waals surface area contributed by atoms with E-state index in [9.17, 15) is 19.5 Å². The molecule has 0 aromatic rings. The Morgan fingerprint density at radius 1 is 1.30 bits per heavy atom. The van der Waals surface area contributed by atoms with E-state index in [0.717, 1.165) is 0 Å². The number of nitrogens with zero attached hydrogens (tertiary/aromatic N) is 1. The first-order valence-electron chi connectivity index (χ1n) is 7.70. The Morgan fingerprint density at radius 2 is 1.91 bits per heavy atom. The van der Waals surface area contributed by atoms with Crippen molar-refractivity contribution in [2.75, 3.05) is 19.6 Å². The van der Waals surface area contributed by atoms with E-state index >= 15 is 0 Å². The zero-order valence-corrected chi connectivity index (χ0v) is 14.4. The van der Waals surface area contributed by atoms with Crippen LogP contribution in [0.1, 0.15) is 41.0 Å². The number of carbonyl (C=O) groups is 3. The summed E-state index contributed by atoms with van der Waals surface area (Å²) >= 11 is 0. The number of hydrogen-bond donors (Lipinski definition) is 3. The lowest BCUT2D eigenvalue weighted by Gasteiger charge is -2.28. The lowest BCUT2D eigenvalue weighted by molar-refractivity contribution is -0.144. The van der Waals surface area contributed by atoms with E-state index in [1.807, 2.05) is 13.8 Å². The first-order chi connectivity index (χ1) is 10.4. The predicted molar refractivity (Wildman–Crippen MR) is 84.1 cm³/mol. The van der Waals surface area contributed by atoms with Crippen LogP contribution >= 0.6 is 0 Å². The number of amides is 2. The molecule has 0 radical (unpaired) electrons. The highest BCUT2D eigenvalue weighted by molar-refractivity contribution is 5.85. The lowest BCUT2D eigenvalue weighted by Crippen LogP contribution is -2.57. The monoisotopic (exact) mass is 329 g/mol. The fourth-order valence-electron chi connectivity index (χ4n) is 2.42. The SMILES string of the molecule is CC(C)NC(=O)CN1CCC(NC(=O)OC(C)(C)C)(C(=O)O)C1. The third-order valence-electron chi connectivity index (χ3n) is 3.31. The molecular formula is C15H27N3O5. The fraction of sp³-hybridized carbons (Fsp3) is 0.800. The third kappa shape index (κ3) is 6.05. The number of likely N-dealkylation sites (tertiary alicyclic amines) is 1. The van der Waals surface area contributed by atoms with E-state index in [1.54, 1.807) is 25.7 Å². The van der Waals surface area contributed by atoms with Gasteiger partial charge in [-0.05, 0) is 41.0 Å². The summed E-state index contributed by atoms with van der Waals surface area (Å²) in [6, 6.07) is 0.0224. The normalized spacial score (nSPS) is 22.0. The van der Waals surface area contributed by atoms with Crippen LogP contribution in [0.25, 0.3) is 0 Å². The highest BCUT2D eigenvalue weighted by atomic mass is 16.6. The number of rotatable bonds is 5. The number of aliphatic carboxylic acids is 1. The van der Waals surface area contributed by atoms with Gasteiger partial charge >= 0.3 is 12.1 Å². The molecule has 132 valence electrons. The smallest absolute Gasteiger partial charge is 0.408 e. The number of carboxylic acid groups (broad SMARTS) is 1. The molecule has 2 amide bonds. The van der Waals surface area contributed by atoms with Gasteiger partial charge in [-0.1, -0.05) is 0 Å². The molecule has 0 aromatic heterocycles. The highest BCUT2D eigenvalue weighted by Crippen LogP contribution is 2.22. The van der Waals surface area contributed by atoms with E-state index in [-0.39, 0.29) is 31.5 Å². The molecule has 1 heterocycles. The Balaban J connectivity index is 2.68. The molecule has 0 saturated carbocycles. The van der Waals surface area contributed by atoms with Crippen molar-refractivity contribution in [3.63, 3.8) is 0 Å². The number of hydrogen-bond acceptors (Lipinski definition) is 5. The van der Waals surface area contributed by atoms with Crippen LogP contribution < -0.4 is 10.6 Å². The predicted octanol–water partition coefficient (Wildman–Crippen LogP) is 0.565. The number of carbonyl (C=O) groups excluding carboxylic acids is 2. The van der Waals surface area contributed by atoms with Crippen molar-refractivity contribution in [1.29, 1.82) is 0 Å². The molecule has 1 fully saturated rings. The minimum atomic E-state index is -1.43. The molecular weight excluding hydrogens is 302 g/mol. The first-order valence-corrected chi connectivity index (χ1v) is 7.70. The average molecular weight is 329 g/mol. The van der Waals surface area contributed by atoms with Crippen LogP contribution in [0.3, 0.4) is 0 Å². The van der Waals surface area contributed by atoms with Gasteiger partial charge in [0.1, 0.15) is 5.60 Å². The van der Waals surface area contributed by atoms with Crippen LogP contribution in [0.15, 0.2) is 0 Å². The second kappa shape index (κ2) is 7.16. The van der Waals surface area contributed by atoms with Crippen LogP contribution in [0, 0.1) is 0 Å². The van der Waals surface area contributed by atoms with Gasteiger partial charge in [0.2, 0.25) is 5.91 Å². The summed E-state index contributed by atoms with van der Waals surface area (Å²) in [6.07, 6.45) is -0.551. The Kier molecular flexibility index (Phi) is 5.98. The summed E-state index contributed by atoms with van der Waals surface area (Å²) < 4.78 is 5.13. The zero-order valence-electron chi connectivity index (χ0n) is 14.4. The lowest BCUT2D eigenvalue weighted by atomic mass is 9.99. The van der Waals surface area contributed by atoms with E-state index in [0.29, 0.717) is 6.54 Å². The van der Waals surface area contributed by atoms with Crippen molar-refractivity contribution in [3.8, 4) is 0 Å². The van der Waals surface area contributed by atoms with Gasteiger partial charge in [0.05, 0.1) is 6.54 Å². The van der Waals surface area contributed by atoms with Crippen molar-refractivity contribution < 1.29 is 24.2 Å². The molecule has 1 atom stereocenters. The molecule has 1 aliphatic rings. The van der Waals surface area contributed by atoms with E-state index in [4.69, 9.17) is 4.74 Å². The molecule has 0 aliphatic carbocycles. The summed E-state index contributed by atoms with van der Waals surface area (Å²) in [5.74, 6) is -1.30. The number of alkyl carbamates (subject to hydrolysis) is 1. The van der Waals surface area contributed by atoms with Crippen LogP contribution in [-0.4, -0.2) is 64.8 Å². The first kappa shape index (κ1) is 19.2. The zero-order chi connectivity index (χ0) is 17.8. The Labute approximate surface area is 136 Å². The molecule has 8 heteroatoms. The van der Waals surface area contributed by atoms with E-state index in [2.05, 4.69) is 10.6 Å². The van der Waals surface area contributed by atoms with E-state index in [1.165, 1.54) is 0 Å². The van der Waals surface area contributed by atoms with Gasteiger partial charge in [-0.3, -0.25) is 9.69 Å². The third-order valence-corrected chi connectivity index (χ3v) is 3.31. The minimum Gasteiger partial charge on any atom is -0.479 e. The highest BCUT2D eigenvalue weighted by Gasteiger charge is 2.47. The molecule has 8 nitrogen and oxygen atoms in total. The molecule has 1 aliphatic heterocycles. The van der Waals surface area contributed by atoms with Crippen LogP contribution in [-0.2, 0) is 14.3 Å². The maximum Gasteiger partial charge on any atom is 0.408 e. The van der Waals surface area contributed by atoms with Crippen molar-refractivity contribution in [2.24, 2.45) is 0 Å². The van der Waals surface area contributed by atoms with Gasteiger partial charge in [0, 0.05) is 19.1 Å². The largest absolute Gasteiger partial charge is 0.479 e. The minimum absolute atomic E-state index is 0.0224. The molecule has 0 bridgehead atoms. The van der Waals surface area contributed by atoms with Gasteiger partial charge in [0.15, 0.2) is 5.54 Å². The van der Waals surface area contributed by atoms with Gasteiger partial charge in [-0.15, -0.1) is 0 Å². The Hall–Kier alpha value is -1.83. The second-order valence-corrected chi connectivity index (χ2v) is 7.20. The topological polar surface area (TPSA) is 108 Å². The quantitative estimate of drug-likeness (QED) is 0.680. The van der Waals surface area contributed by atoms with E-state index < -0.39 is 23.2 Å². The maximum absolute atomic E-state index is 11.9. The van der Waals surface area contributed by atoms with Gasteiger partial charge in [-0.25, -0.2) is 9.59 Å². The Bertz CT molecular complexity index is 472. The van der Waals surface area contributed by atoms with Gasteiger partial charge in [0.25, 0.3) is 0 Å². The fourth-order valence-corrected chi connectivity index (χ4v) is 2.42. The molecule has 3 N–H and O–H groups in total. The Morgan fingerprint density at radius 3 is 2.39 bits per heavy atom. The average Bonchev–Trinajstić information content (AvgIpc) is 2.69. The summed E-state index contributed by atoms with van der Waals surface area (Å²) in [5, 5.41) is 14.7. The summed E-state index contributed by atoms with van der Waals surface area (Å²) in [5.41, 5.74) is -2.14. The maximum atomic E-state index is 11.9. The molecule has 23 heavy (non-hydrogen) atoms. The second-order valence-electron chi connectivity index (χ2n) is 7.20. The molecule has 0 aromatic carbocycles. The summed E-state index contributed by atoms with van der Waals surface area (Å²) in [4.78, 5) is 37.0. The van der Waals surface area contributed by atoms with Crippen LogP contribution in [0.4, 0.5) is 4.79 Å². The molecule has 1 rings (SSSR count). The van der Waals surface area contributed by atoms with Crippen molar-refractivity contribution in [1.82, 2.24) is 15.5 Å². The van der Waals surface area contributed by atoms with Crippen LogP contribution in [0.5, 0.6) is 0 Å². The van der Waals surface area contributed by atoms with Crippen molar-refractivity contribution in [3.05, 3.63) is 0 Å². The number of nitrogens with one attached hydrogen (secondary N) is 2. The summed E-state index contributed by atoms with van der Waals surface area (Å²) in [7, 11) is 0.